The van der Waals surface area contributed by atoms with Gasteiger partial charge in [0.1, 0.15) is 5.01 Å². The standard InChI is InChI=1S/C18H14N4S/c1-4-14(18-19-9-11-23-18)12-15(5-1)21-16-6-2-7-17(13-16)22-10-3-8-20-22/h1-13,21H. The highest BCUT2D eigenvalue weighted by molar-refractivity contribution is 7.13. The molecule has 0 amide bonds. The zero-order valence-electron chi connectivity index (χ0n) is 12.3. The van der Waals surface area contributed by atoms with Crippen LogP contribution in [0.25, 0.3) is 16.3 Å². The van der Waals surface area contributed by atoms with Gasteiger partial charge in [0.25, 0.3) is 0 Å². The van der Waals surface area contributed by atoms with E-state index < -0.39 is 0 Å². The third kappa shape index (κ3) is 3.00. The van der Waals surface area contributed by atoms with Crippen LogP contribution in [0.1, 0.15) is 0 Å². The van der Waals surface area contributed by atoms with Crippen molar-refractivity contribution in [2.75, 3.05) is 5.32 Å². The average Bonchev–Trinajstić information content (AvgIpc) is 3.29. The minimum atomic E-state index is 1.02. The highest BCUT2D eigenvalue weighted by atomic mass is 32.1. The Morgan fingerprint density at radius 1 is 0.913 bits per heavy atom. The Balaban J connectivity index is 1.61. The molecule has 0 spiro atoms. The summed E-state index contributed by atoms with van der Waals surface area (Å²) in [5.41, 5.74) is 4.20. The summed E-state index contributed by atoms with van der Waals surface area (Å²) in [7, 11) is 0. The topological polar surface area (TPSA) is 42.7 Å². The molecule has 0 radical (unpaired) electrons. The Morgan fingerprint density at radius 3 is 2.57 bits per heavy atom. The minimum Gasteiger partial charge on any atom is -0.355 e. The summed E-state index contributed by atoms with van der Waals surface area (Å²) in [6, 6.07) is 18.4. The molecule has 23 heavy (non-hydrogen) atoms. The van der Waals surface area contributed by atoms with Gasteiger partial charge >= 0.3 is 0 Å². The maximum atomic E-state index is 4.36. The number of thiazole rings is 1. The van der Waals surface area contributed by atoms with E-state index in [1.165, 1.54) is 0 Å². The van der Waals surface area contributed by atoms with Crippen LogP contribution in [0.3, 0.4) is 0 Å². The van der Waals surface area contributed by atoms with E-state index in [4.69, 9.17) is 0 Å². The average molecular weight is 318 g/mol. The molecule has 0 unspecified atom stereocenters. The van der Waals surface area contributed by atoms with E-state index in [9.17, 15) is 0 Å². The predicted molar refractivity (Wildman–Crippen MR) is 94.4 cm³/mol. The number of hydrogen-bond donors (Lipinski definition) is 1. The van der Waals surface area contributed by atoms with Gasteiger partial charge in [-0.15, -0.1) is 11.3 Å². The second-order valence-electron chi connectivity index (χ2n) is 5.04. The molecule has 4 nitrogen and oxygen atoms in total. The molecule has 2 heterocycles. The highest BCUT2D eigenvalue weighted by Crippen LogP contribution is 2.26. The minimum absolute atomic E-state index is 1.02. The number of rotatable bonds is 4. The molecule has 0 saturated carbocycles. The summed E-state index contributed by atoms with van der Waals surface area (Å²) in [6.45, 7) is 0. The molecule has 2 aromatic carbocycles. The molecule has 1 N–H and O–H groups in total. The van der Waals surface area contributed by atoms with Gasteiger partial charge in [-0.05, 0) is 36.4 Å². The first kappa shape index (κ1) is 13.7. The van der Waals surface area contributed by atoms with Crippen molar-refractivity contribution < 1.29 is 0 Å². The van der Waals surface area contributed by atoms with Crippen LogP contribution in [0.4, 0.5) is 11.4 Å². The molecule has 5 heteroatoms. The summed E-state index contributed by atoms with van der Waals surface area (Å²) in [6.07, 6.45) is 5.54. The van der Waals surface area contributed by atoms with Crippen LogP contribution < -0.4 is 5.32 Å². The number of hydrogen-bond acceptors (Lipinski definition) is 4. The number of nitrogens with zero attached hydrogens (tertiary/aromatic N) is 3. The van der Waals surface area contributed by atoms with Gasteiger partial charge in [0.15, 0.2) is 0 Å². The first-order valence-corrected chi connectivity index (χ1v) is 8.13. The third-order valence-electron chi connectivity index (χ3n) is 3.45. The summed E-state index contributed by atoms with van der Waals surface area (Å²) < 4.78 is 1.84. The Hall–Kier alpha value is -2.92. The van der Waals surface area contributed by atoms with Gasteiger partial charge in [0, 0.05) is 40.9 Å². The SMILES string of the molecule is c1cc(Nc2cccc(-n3cccn3)c2)cc(-c2nccs2)c1. The Morgan fingerprint density at radius 2 is 1.78 bits per heavy atom. The lowest BCUT2D eigenvalue weighted by Gasteiger charge is -2.09. The van der Waals surface area contributed by atoms with Gasteiger partial charge in [-0.1, -0.05) is 18.2 Å². The quantitative estimate of drug-likeness (QED) is 0.591. The lowest BCUT2D eigenvalue weighted by molar-refractivity contribution is 0.881. The smallest absolute Gasteiger partial charge is 0.123 e. The zero-order chi connectivity index (χ0) is 15.5. The fraction of sp³-hybridized carbons (Fsp3) is 0. The van der Waals surface area contributed by atoms with E-state index in [2.05, 4.69) is 39.7 Å². The summed E-state index contributed by atoms with van der Waals surface area (Å²) in [4.78, 5) is 4.36. The Bertz CT molecular complexity index is 823. The molecule has 0 aliphatic rings. The van der Waals surface area contributed by atoms with Crippen LogP contribution in [0.5, 0.6) is 0 Å². The van der Waals surface area contributed by atoms with Crippen molar-refractivity contribution in [1.29, 1.82) is 0 Å². The van der Waals surface area contributed by atoms with Crippen LogP contribution in [0.15, 0.2) is 78.6 Å². The van der Waals surface area contributed by atoms with Crippen molar-refractivity contribution in [3.63, 3.8) is 0 Å². The number of nitrogens with one attached hydrogen (secondary N) is 1. The van der Waals surface area contributed by atoms with Crippen LogP contribution in [0, 0.1) is 0 Å². The van der Waals surface area contributed by atoms with Gasteiger partial charge in [0.05, 0.1) is 5.69 Å². The largest absolute Gasteiger partial charge is 0.355 e. The Labute approximate surface area is 138 Å². The summed E-state index contributed by atoms with van der Waals surface area (Å²) in [5, 5.41) is 10.7. The molecule has 0 aliphatic carbocycles. The molecule has 4 rings (SSSR count). The molecular formula is C18H14N4S. The van der Waals surface area contributed by atoms with Crippen molar-refractivity contribution >= 4 is 22.7 Å². The van der Waals surface area contributed by atoms with Crippen molar-refractivity contribution in [2.45, 2.75) is 0 Å². The van der Waals surface area contributed by atoms with E-state index in [0.717, 1.165) is 27.6 Å². The Kier molecular flexibility index (Phi) is 3.62. The van der Waals surface area contributed by atoms with Gasteiger partial charge < -0.3 is 5.32 Å². The van der Waals surface area contributed by atoms with Gasteiger partial charge in [-0.25, -0.2) is 9.67 Å². The molecule has 4 aromatic rings. The van der Waals surface area contributed by atoms with Crippen LogP contribution in [-0.4, -0.2) is 14.8 Å². The third-order valence-corrected chi connectivity index (χ3v) is 4.27. The molecule has 2 aromatic heterocycles. The fourth-order valence-corrected chi connectivity index (χ4v) is 3.05. The first-order valence-electron chi connectivity index (χ1n) is 7.25. The maximum Gasteiger partial charge on any atom is 0.123 e. The monoisotopic (exact) mass is 318 g/mol. The fourth-order valence-electron chi connectivity index (χ4n) is 2.41. The predicted octanol–water partition coefficient (Wildman–Crippen LogP) is 4.74. The molecule has 0 aliphatic heterocycles. The number of aromatic nitrogens is 3. The molecule has 0 fully saturated rings. The molecule has 0 atom stereocenters. The molecule has 0 bridgehead atoms. The lowest BCUT2D eigenvalue weighted by Crippen LogP contribution is -1.96. The van der Waals surface area contributed by atoms with E-state index in [-0.39, 0.29) is 0 Å². The van der Waals surface area contributed by atoms with Crippen LogP contribution in [0.2, 0.25) is 0 Å². The van der Waals surface area contributed by atoms with E-state index in [0.29, 0.717) is 0 Å². The van der Waals surface area contributed by atoms with Gasteiger partial charge in [-0.3, -0.25) is 0 Å². The summed E-state index contributed by atoms with van der Waals surface area (Å²) in [5.74, 6) is 0. The van der Waals surface area contributed by atoms with Crippen LogP contribution >= 0.6 is 11.3 Å². The number of anilines is 2. The molecule has 0 saturated heterocycles. The number of benzene rings is 2. The van der Waals surface area contributed by atoms with E-state index >= 15 is 0 Å². The molecule has 112 valence electrons. The van der Waals surface area contributed by atoms with Gasteiger partial charge in [0.2, 0.25) is 0 Å². The van der Waals surface area contributed by atoms with Crippen molar-refractivity contribution in [1.82, 2.24) is 14.8 Å². The maximum absolute atomic E-state index is 4.36. The molecular weight excluding hydrogens is 304 g/mol. The lowest BCUT2D eigenvalue weighted by atomic mass is 10.2. The van der Waals surface area contributed by atoms with E-state index in [1.807, 2.05) is 52.8 Å². The highest BCUT2D eigenvalue weighted by Gasteiger charge is 2.03. The summed E-state index contributed by atoms with van der Waals surface area (Å²) >= 11 is 1.64. The van der Waals surface area contributed by atoms with Gasteiger partial charge in [-0.2, -0.15) is 5.10 Å². The second kappa shape index (κ2) is 6.06. The normalized spacial score (nSPS) is 10.6. The second-order valence-corrected chi connectivity index (χ2v) is 5.94. The van der Waals surface area contributed by atoms with Crippen molar-refractivity contribution in [3.05, 3.63) is 78.6 Å². The first-order chi connectivity index (χ1) is 11.4. The zero-order valence-corrected chi connectivity index (χ0v) is 13.1. The van der Waals surface area contributed by atoms with Crippen molar-refractivity contribution in [3.8, 4) is 16.3 Å². The van der Waals surface area contributed by atoms with E-state index in [1.54, 1.807) is 17.5 Å². The van der Waals surface area contributed by atoms with Crippen LogP contribution in [-0.2, 0) is 0 Å². The van der Waals surface area contributed by atoms with Crippen molar-refractivity contribution in [2.24, 2.45) is 0 Å².